The van der Waals surface area contributed by atoms with E-state index in [1.54, 1.807) is 26.4 Å². The summed E-state index contributed by atoms with van der Waals surface area (Å²) < 4.78 is 19.0. The van der Waals surface area contributed by atoms with Crippen molar-refractivity contribution in [2.45, 2.75) is 48.3 Å². The topological polar surface area (TPSA) is 74.1 Å². The van der Waals surface area contributed by atoms with Gasteiger partial charge in [-0.25, -0.2) is 0 Å². The number of nitrogens with zero attached hydrogens (tertiary/aromatic N) is 2. The van der Waals surface area contributed by atoms with E-state index in [1.165, 1.54) is 11.1 Å². The number of likely N-dealkylation sites (tertiary alicyclic amines) is 1. The fourth-order valence-electron chi connectivity index (χ4n) is 8.48. The van der Waals surface area contributed by atoms with E-state index in [2.05, 4.69) is 36.2 Å². The Morgan fingerprint density at radius 2 is 2.06 bits per heavy atom. The first-order valence-corrected chi connectivity index (χ1v) is 12.0. The zero-order valence-corrected chi connectivity index (χ0v) is 19.6. The van der Waals surface area contributed by atoms with Gasteiger partial charge in [0.15, 0.2) is 11.5 Å². The second-order valence-electron chi connectivity index (χ2n) is 10.6. The van der Waals surface area contributed by atoms with Crippen LogP contribution >= 0.6 is 0 Å². The lowest BCUT2D eigenvalue weighted by molar-refractivity contribution is -0.385. The molecule has 2 fully saturated rings. The van der Waals surface area contributed by atoms with Crippen molar-refractivity contribution in [1.29, 1.82) is 0 Å². The third-order valence-electron chi connectivity index (χ3n) is 9.73. The fourth-order valence-corrected chi connectivity index (χ4v) is 8.48. The molecule has 2 aromatic carbocycles. The molecule has 8 rings (SSSR count). The number of methoxy groups -OCH3 is 2. The fraction of sp³-hybridized carbons (Fsp3) is 0.481. The molecule has 34 heavy (non-hydrogen) atoms. The molecular formula is C27H28N2O5. The van der Waals surface area contributed by atoms with E-state index in [9.17, 15) is 10.1 Å². The molecule has 7 nitrogen and oxygen atoms in total. The van der Waals surface area contributed by atoms with Gasteiger partial charge in [0, 0.05) is 36.3 Å². The third-order valence-corrected chi connectivity index (χ3v) is 9.73. The first-order chi connectivity index (χ1) is 16.4. The van der Waals surface area contributed by atoms with E-state index in [-0.39, 0.29) is 39.5 Å². The Hall–Kier alpha value is -2.90. The van der Waals surface area contributed by atoms with Crippen LogP contribution in [-0.4, -0.2) is 55.4 Å². The Morgan fingerprint density at radius 1 is 1.21 bits per heavy atom. The van der Waals surface area contributed by atoms with Gasteiger partial charge >= 0.3 is 0 Å². The summed E-state index contributed by atoms with van der Waals surface area (Å²) in [6.45, 7) is 0.970. The molecular weight excluding hydrogens is 432 g/mol. The van der Waals surface area contributed by atoms with Crippen LogP contribution in [0.1, 0.15) is 35.4 Å². The van der Waals surface area contributed by atoms with Crippen molar-refractivity contribution in [2.24, 2.45) is 5.41 Å². The predicted molar refractivity (Wildman–Crippen MR) is 126 cm³/mol. The highest BCUT2D eigenvalue weighted by Crippen LogP contribution is 2.76. The summed E-state index contributed by atoms with van der Waals surface area (Å²) in [5.41, 5.74) is 2.60. The largest absolute Gasteiger partial charge is 0.493 e. The number of hydrogen-bond acceptors (Lipinski definition) is 6. The molecule has 4 aliphatic carbocycles. The van der Waals surface area contributed by atoms with E-state index in [1.807, 2.05) is 12.1 Å². The summed E-state index contributed by atoms with van der Waals surface area (Å²) in [4.78, 5) is 13.9. The maximum Gasteiger partial charge on any atom is 0.269 e. The van der Waals surface area contributed by atoms with Gasteiger partial charge in [-0.1, -0.05) is 30.4 Å². The number of non-ortho nitro benzene ring substituents is 1. The number of likely N-dealkylation sites (N-methyl/N-ethyl adjacent to an activating group) is 1. The normalized spacial score (nSPS) is 38.4. The molecule has 0 aromatic heterocycles. The van der Waals surface area contributed by atoms with Gasteiger partial charge < -0.3 is 19.1 Å². The quantitative estimate of drug-likeness (QED) is 0.390. The number of benzene rings is 2. The lowest BCUT2D eigenvalue weighted by Gasteiger charge is -2.72. The van der Waals surface area contributed by atoms with Crippen molar-refractivity contribution >= 4 is 5.69 Å². The maximum atomic E-state index is 11.7. The van der Waals surface area contributed by atoms with Crippen LogP contribution in [0.15, 0.2) is 48.6 Å². The van der Waals surface area contributed by atoms with Crippen molar-refractivity contribution < 1.29 is 19.1 Å². The second-order valence-corrected chi connectivity index (χ2v) is 10.6. The van der Waals surface area contributed by atoms with Crippen LogP contribution in [0.3, 0.4) is 0 Å². The summed E-state index contributed by atoms with van der Waals surface area (Å²) in [5, 5.41) is 11.7. The van der Waals surface area contributed by atoms with Crippen LogP contribution in [0, 0.1) is 15.5 Å². The van der Waals surface area contributed by atoms with E-state index in [4.69, 9.17) is 14.2 Å². The van der Waals surface area contributed by atoms with Crippen LogP contribution in [0.2, 0.25) is 0 Å². The van der Waals surface area contributed by atoms with E-state index in [0.717, 1.165) is 42.9 Å². The minimum absolute atomic E-state index is 0.0650. The van der Waals surface area contributed by atoms with Crippen LogP contribution in [-0.2, 0) is 16.6 Å². The van der Waals surface area contributed by atoms with Crippen molar-refractivity contribution in [3.63, 3.8) is 0 Å². The van der Waals surface area contributed by atoms with Crippen molar-refractivity contribution in [3.8, 4) is 11.5 Å². The highest BCUT2D eigenvalue weighted by molar-refractivity contribution is 5.66. The SMILES string of the molecule is COc1ccc2c3c1OC1[C@@]4(OC)C=CC5(C(c6cccc([N+](=O)[O-])c6)C4)C(C2)N(C)CC[C@]315. The number of fused-ring (bicyclic) bond motifs is 1. The van der Waals surface area contributed by atoms with Crippen molar-refractivity contribution in [3.05, 3.63) is 75.4 Å². The molecule has 6 atom stereocenters. The summed E-state index contributed by atoms with van der Waals surface area (Å²) in [6.07, 6.45) is 7.06. The molecule has 2 heterocycles. The Kier molecular flexibility index (Phi) is 3.85. The standard InChI is InChI=1S/C27H28N2O5/c1-28-12-11-27-22-17-7-8-20(32-2)23(22)34-24(27)25(33-3)9-10-26(27,21(28)14-17)19(15-25)16-5-4-6-18(13-16)29(30)31/h4-10,13,19,21,24H,11-12,14-15H2,1-3H3/t19?,21?,24?,25-,26?,27+/m1/s1. The van der Waals surface area contributed by atoms with Crippen molar-refractivity contribution in [2.75, 3.05) is 27.8 Å². The molecule has 2 spiro atoms. The van der Waals surface area contributed by atoms with Crippen LogP contribution in [0.5, 0.6) is 11.5 Å². The van der Waals surface area contributed by atoms with E-state index in [0.29, 0.717) is 0 Å². The molecule has 1 saturated carbocycles. The summed E-state index contributed by atoms with van der Waals surface area (Å²) >= 11 is 0. The van der Waals surface area contributed by atoms with Gasteiger partial charge in [-0.15, -0.1) is 0 Å². The molecule has 4 bridgehead atoms. The number of nitro groups is 1. The van der Waals surface area contributed by atoms with Gasteiger partial charge in [0.2, 0.25) is 0 Å². The molecule has 0 amide bonds. The lowest BCUT2D eigenvalue weighted by atomic mass is 9.35. The van der Waals surface area contributed by atoms with Crippen LogP contribution < -0.4 is 9.47 Å². The molecule has 0 N–H and O–H groups in total. The van der Waals surface area contributed by atoms with E-state index >= 15 is 0 Å². The minimum Gasteiger partial charge on any atom is -0.493 e. The lowest BCUT2D eigenvalue weighted by Crippen LogP contribution is -2.78. The highest BCUT2D eigenvalue weighted by atomic mass is 16.6. The zero-order valence-electron chi connectivity index (χ0n) is 19.6. The number of hydrogen-bond donors (Lipinski definition) is 0. The number of rotatable bonds is 4. The minimum atomic E-state index is -0.615. The van der Waals surface area contributed by atoms with Gasteiger partial charge in [0.05, 0.1) is 17.4 Å². The average molecular weight is 461 g/mol. The Morgan fingerprint density at radius 3 is 2.82 bits per heavy atom. The van der Waals surface area contributed by atoms with Crippen LogP contribution in [0.25, 0.3) is 0 Å². The van der Waals surface area contributed by atoms with Gasteiger partial charge in [-0.05, 0) is 56.0 Å². The van der Waals surface area contributed by atoms with Crippen molar-refractivity contribution in [1.82, 2.24) is 4.90 Å². The molecule has 2 aliphatic heterocycles. The monoisotopic (exact) mass is 460 g/mol. The van der Waals surface area contributed by atoms with Gasteiger partial charge in [-0.3, -0.25) is 10.1 Å². The van der Waals surface area contributed by atoms with E-state index < -0.39 is 5.60 Å². The molecule has 2 aromatic rings. The first kappa shape index (κ1) is 20.5. The summed E-state index contributed by atoms with van der Waals surface area (Å²) in [7, 11) is 5.68. The molecule has 0 radical (unpaired) electrons. The number of nitro benzene ring substituents is 1. The van der Waals surface area contributed by atoms with Gasteiger partial charge in [0.25, 0.3) is 5.69 Å². The second kappa shape index (κ2) is 6.40. The highest BCUT2D eigenvalue weighted by Gasteiger charge is 2.79. The number of ether oxygens (including phenoxy) is 3. The Bertz CT molecular complexity index is 1280. The van der Waals surface area contributed by atoms with Gasteiger partial charge in [0.1, 0.15) is 11.7 Å². The Balaban J connectivity index is 1.56. The molecule has 6 aliphatic rings. The third kappa shape index (κ3) is 2.04. The molecule has 4 unspecified atom stereocenters. The maximum absolute atomic E-state index is 11.7. The van der Waals surface area contributed by atoms with Crippen LogP contribution in [0.4, 0.5) is 5.69 Å². The summed E-state index contributed by atoms with van der Waals surface area (Å²) in [6, 6.07) is 11.7. The number of piperidine rings is 1. The molecule has 7 heteroatoms. The molecule has 176 valence electrons. The Labute approximate surface area is 198 Å². The predicted octanol–water partition coefficient (Wildman–Crippen LogP) is 3.99. The zero-order chi connectivity index (χ0) is 23.5. The summed E-state index contributed by atoms with van der Waals surface area (Å²) in [5.74, 6) is 1.70. The molecule has 1 saturated heterocycles. The average Bonchev–Trinajstić information content (AvgIpc) is 3.23. The van der Waals surface area contributed by atoms with Gasteiger partial charge in [-0.2, -0.15) is 0 Å². The smallest absolute Gasteiger partial charge is 0.269 e. The first-order valence-electron chi connectivity index (χ1n) is 12.0.